The quantitative estimate of drug-likeness (QED) is 0.932. The lowest BCUT2D eigenvalue weighted by atomic mass is 10.2. The van der Waals surface area contributed by atoms with E-state index < -0.39 is 28.1 Å². The number of hydrogen-bond donors (Lipinski definition) is 1. The van der Waals surface area contributed by atoms with E-state index in [1.165, 1.54) is 6.07 Å². The van der Waals surface area contributed by atoms with Crippen molar-refractivity contribution < 1.29 is 18.5 Å². The number of benzene rings is 1. The van der Waals surface area contributed by atoms with Crippen LogP contribution in [0.3, 0.4) is 0 Å². The highest BCUT2D eigenvalue weighted by Crippen LogP contribution is 2.16. The summed E-state index contributed by atoms with van der Waals surface area (Å²) in [5.74, 6) is -2.01. The molecule has 1 heterocycles. The summed E-state index contributed by atoms with van der Waals surface area (Å²) in [6.07, 6.45) is 3.19. The third kappa shape index (κ3) is 3.23. The molecule has 0 saturated carbocycles. The lowest BCUT2D eigenvalue weighted by Gasteiger charge is -2.04. The summed E-state index contributed by atoms with van der Waals surface area (Å²) in [7, 11) is -1.44. The van der Waals surface area contributed by atoms with Crippen LogP contribution in [-0.2, 0) is 16.6 Å². The van der Waals surface area contributed by atoms with Gasteiger partial charge in [0.2, 0.25) is 0 Å². The van der Waals surface area contributed by atoms with E-state index in [-0.39, 0.29) is 10.6 Å². The lowest BCUT2D eigenvalue weighted by Crippen LogP contribution is -2.04. The van der Waals surface area contributed by atoms with Crippen molar-refractivity contribution in [2.45, 2.75) is 10.6 Å². The molecule has 1 aromatic heterocycles. The van der Waals surface area contributed by atoms with Gasteiger partial charge in [-0.1, -0.05) is 6.07 Å². The number of halogens is 1. The van der Waals surface area contributed by atoms with Crippen LogP contribution in [0, 0.1) is 5.82 Å². The summed E-state index contributed by atoms with van der Waals surface area (Å²) in [4.78, 5) is 15.0. The van der Waals surface area contributed by atoms with Crippen molar-refractivity contribution in [1.82, 2.24) is 4.98 Å². The van der Waals surface area contributed by atoms with Crippen LogP contribution in [0.4, 0.5) is 4.39 Å². The minimum absolute atomic E-state index is 0.207. The maximum Gasteiger partial charge on any atom is 0.338 e. The Morgan fingerprint density at radius 1 is 1.37 bits per heavy atom. The van der Waals surface area contributed by atoms with Gasteiger partial charge in [0.25, 0.3) is 0 Å². The first-order chi connectivity index (χ1) is 9.08. The molecule has 0 radical (unpaired) electrons. The van der Waals surface area contributed by atoms with Gasteiger partial charge in [-0.25, -0.2) is 9.18 Å². The third-order valence-corrected chi connectivity index (χ3v) is 3.83. The fraction of sp³-hybridized carbons (Fsp3) is 0.0769. The summed E-state index contributed by atoms with van der Waals surface area (Å²) in [5.41, 5.74) is 0.291. The Labute approximate surface area is 111 Å². The van der Waals surface area contributed by atoms with Crippen molar-refractivity contribution in [1.29, 1.82) is 0 Å². The molecule has 0 fully saturated rings. The number of hydrogen-bond acceptors (Lipinski definition) is 3. The van der Waals surface area contributed by atoms with Gasteiger partial charge in [0.15, 0.2) is 0 Å². The molecule has 4 nitrogen and oxygen atoms in total. The fourth-order valence-corrected chi connectivity index (χ4v) is 2.64. The van der Waals surface area contributed by atoms with Crippen LogP contribution < -0.4 is 0 Å². The second-order valence-electron chi connectivity index (χ2n) is 3.80. The van der Waals surface area contributed by atoms with Crippen molar-refractivity contribution in [3.05, 3.63) is 59.7 Å². The molecule has 0 aliphatic heterocycles. The van der Waals surface area contributed by atoms with E-state index in [9.17, 15) is 13.4 Å². The van der Waals surface area contributed by atoms with Crippen LogP contribution >= 0.6 is 0 Å². The zero-order valence-electron chi connectivity index (χ0n) is 9.75. The van der Waals surface area contributed by atoms with E-state index in [0.29, 0.717) is 0 Å². The number of aromatic carboxylic acids is 1. The number of carboxylic acid groups (broad SMARTS) is 1. The first-order valence-electron chi connectivity index (χ1n) is 5.38. The largest absolute Gasteiger partial charge is 0.478 e. The van der Waals surface area contributed by atoms with Gasteiger partial charge in [-0.2, -0.15) is 0 Å². The van der Waals surface area contributed by atoms with E-state index in [4.69, 9.17) is 5.11 Å². The number of pyridine rings is 1. The highest BCUT2D eigenvalue weighted by molar-refractivity contribution is 7.84. The molecular weight excluding hydrogens is 269 g/mol. The SMILES string of the molecule is O=C(O)c1cc(S(=O)Cc2cccnc2)ccc1F. The normalized spacial score (nSPS) is 12.1. The molecule has 1 unspecified atom stereocenters. The highest BCUT2D eigenvalue weighted by Gasteiger charge is 2.14. The lowest BCUT2D eigenvalue weighted by molar-refractivity contribution is 0.0691. The van der Waals surface area contributed by atoms with Crippen LogP contribution in [0.15, 0.2) is 47.6 Å². The Hall–Kier alpha value is -2.08. The maximum absolute atomic E-state index is 13.2. The van der Waals surface area contributed by atoms with Crippen LogP contribution in [0.2, 0.25) is 0 Å². The predicted molar refractivity (Wildman–Crippen MR) is 67.7 cm³/mol. The molecule has 98 valence electrons. The molecule has 1 N–H and O–H groups in total. The second-order valence-corrected chi connectivity index (χ2v) is 5.25. The summed E-state index contributed by atoms with van der Waals surface area (Å²) < 4.78 is 25.3. The molecule has 19 heavy (non-hydrogen) atoms. The molecule has 0 aliphatic rings. The predicted octanol–water partition coefficient (Wildman–Crippen LogP) is 2.23. The van der Waals surface area contributed by atoms with Crippen molar-refractivity contribution in [2.75, 3.05) is 0 Å². The molecule has 6 heteroatoms. The smallest absolute Gasteiger partial charge is 0.338 e. The molecule has 0 spiro atoms. The fourth-order valence-electron chi connectivity index (χ4n) is 1.53. The second kappa shape index (κ2) is 5.71. The Kier molecular flexibility index (Phi) is 4.01. The zero-order valence-corrected chi connectivity index (χ0v) is 10.6. The monoisotopic (exact) mass is 279 g/mol. The molecule has 0 saturated heterocycles. The van der Waals surface area contributed by atoms with Gasteiger partial charge in [-0.15, -0.1) is 0 Å². The van der Waals surface area contributed by atoms with Gasteiger partial charge in [0.1, 0.15) is 5.82 Å². The van der Waals surface area contributed by atoms with Crippen molar-refractivity contribution in [3.63, 3.8) is 0 Å². The van der Waals surface area contributed by atoms with Crippen LogP contribution in [0.1, 0.15) is 15.9 Å². The van der Waals surface area contributed by atoms with Crippen molar-refractivity contribution in [3.8, 4) is 0 Å². The minimum Gasteiger partial charge on any atom is -0.478 e. The number of aromatic nitrogens is 1. The number of carbonyl (C=O) groups is 1. The van der Waals surface area contributed by atoms with Crippen LogP contribution in [0.5, 0.6) is 0 Å². The minimum atomic E-state index is -1.44. The first-order valence-corrected chi connectivity index (χ1v) is 6.70. The van der Waals surface area contributed by atoms with Gasteiger partial charge in [-0.3, -0.25) is 9.19 Å². The molecule has 1 aromatic carbocycles. The zero-order chi connectivity index (χ0) is 13.8. The van der Waals surface area contributed by atoms with Gasteiger partial charge in [0.05, 0.1) is 22.1 Å². The number of carboxylic acids is 1. The van der Waals surface area contributed by atoms with Crippen molar-refractivity contribution >= 4 is 16.8 Å². The third-order valence-electron chi connectivity index (χ3n) is 2.45. The topological polar surface area (TPSA) is 67.3 Å². The van der Waals surface area contributed by atoms with Crippen molar-refractivity contribution in [2.24, 2.45) is 0 Å². The Bertz CT molecular complexity index is 631. The molecule has 1 atom stereocenters. The molecule has 2 rings (SSSR count). The summed E-state index contributed by atoms with van der Waals surface area (Å²) in [5, 5.41) is 8.81. The van der Waals surface area contributed by atoms with E-state index >= 15 is 0 Å². The van der Waals surface area contributed by atoms with E-state index in [2.05, 4.69) is 4.98 Å². The van der Waals surface area contributed by atoms with E-state index in [1.807, 2.05) is 0 Å². The average molecular weight is 279 g/mol. The molecule has 2 aromatic rings. The molecule has 0 aliphatic carbocycles. The average Bonchev–Trinajstić information content (AvgIpc) is 2.40. The Morgan fingerprint density at radius 2 is 2.16 bits per heavy atom. The number of rotatable bonds is 4. The van der Waals surface area contributed by atoms with Crippen LogP contribution in [-0.4, -0.2) is 20.3 Å². The standard InChI is InChI=1S/C13H10FNO3S/c14-12-4-3-10(6-11(12)13(16)17)19(18)8-9-2-1-5-15-7-9/h1-7H,8H2,(H,16,17). The Balaban J connectivity index is 2.25. The molecule has 0 amide bonds. The van der Waals surface area contributed by atoms with E-state index in [0.717, 1.165) is 17.7 Å². The maximum atomic E-state index is 13.2. The van der Waals surface area contributed by atoms with Gasteiger partial charge in [0, 0.05) is 17.3 Å². The highest BCUT2D eigenvalue weighted by atomic mass is 32.2. The van der Waals surface area contributed by atoms with E-state index in [1.54, 1.807) is 24.5 Å². The molecular formula is C13H10FNO3S. The summed E-state index contributed by atoms with van der Waals surface area (Å²) >= 11 is 0. The molecule has 0 bridgehead atoms. The number of nitrogens with zero attached hydrogens (tertiary/aromatic N) is 1. The van der Waals surface area contributed by atoms with Gasteiger partial charge >= 0.3 is 5.97 Å². The summed E-state index contributed by atoms with van der Waals surface area (Å²) in [6, 6.07) is 6.94. The van der Waals surface area contributed by atoms with Crippen LogP contribution in [0.25, 0.3) is 0 Å². The van der Waals surface area contributed by atoms with Gasteiger partial charge in [-0.05, 0) is 29.8 Å². The van der Waals surface area contributed by atoms with Gasteiger partial charge < -0.3 is 5.11 Å². The first kappa shape index (κ1) is 13.4. The summed E-state index contributed by atoms with van der Waals surface area (Å²) in [6.45, 7) is 0. The Morgan fingerprint density at radius 3 is 2.79 bits per heavy atom.